The molecular weight excluding hydrogens is 297 g/mol. The zero-order valence-corrected chi connectivity index (χ0v) is 12.7. The van der Waals surface area contributed by atoms with Crippen LogP contribution in [0.15, 0.2) is 12.1 Å². The lowest BCUT2D eigenvalue weighted by Crippen LogP contribution is -2.55. The number of carbonyl (C=O) groups is 2. The number of amides is 1. The number of carboxylic acids is 1. The first kappa shape index (κ1) is 17.7. The van der Waals surface area contributed by atoms with Crippen molar-refractivity contribution in [3.63, 3.8) is 0 Å². The number of benzene rings is 1. The second kappa shape index (κ2) is 7.08. The van der Waals surface area contributed by atoms with Gasteiger partial charge in [-0.05, 0) is 13.0 Å². The molecule has 0 radical (unpaired) electrons. The normalized spacial score (nSPS) is 13.1. The summed E-state index contributed by atoms with van der Waals surface area (Å²) in [4.78, 5) is 23.4. The van der Waals surface area contributed by atoms with Crippen LogP contribution >= 0.6 is 0 Å². The van der Waals surface area contributed by atoms with Crippen molar-refractivity contribution in [2.24, 2.45) is 0 Å². The fraction of sp³-hybridized carbons (Fsp3) is 0.429. The minimum Gasteiger partial charge on any atom is -0.493 e. The summed E-state index contributed by atoms with van der Waals surface area (Å²) in [5, 5.41) is 11.4. The summed E-state index contributed by atoms with van der Waals surface area (Å²) in [6.45, 7) is 0.984. The van der Waals surface area contributed by atoms with E-state index in [1.807, 2.05) is 0 Å². The molecule has 0 aliphatic heterocycles. The largest absolute Gasteiger partial charge is 0.493 e. The number of aliphatic carboxylic acids is 1. The number of hydrogen-bond acceptors (Lipinski definition) is 5. The van der Waals surface area contributed by atoms with E-state index in [1.54, 1.807) is 0 Å². The number of halogens is 1. The van der Waals surface area contributed by atoms with E-state index in [4.69, 9.17) is 14.2 Å². The van der Waals surface area contributed by atoms with Gasteiger partial charge in [0.05, 0.1) is 26.4 Å². The Balaban J connectivity index is 3.15. The Hall–Kier alpha value is -2.35. The van der Waals surface area contributed by atoms with E-state index in [-0.39, 0.29) is 23.7 Å². The summed E-state index contributed by atoms with van der Waals surface area (Å²) >= 11 is 0. The minimum absolute atomic E-state index is 0.120. The maximum absolute atomic E-state index is 14.0. The van der Waals surface area contributed by atoms with Crippen LogP contribution in [0, 0.1) is 5.82 Å². The average Bonchev–Trinajstić information content (AvgIpc) is 2.46. The second-order valence-corrected chi connectivity index (χ2v) is 4.71. The summed E-state index contributed by atoms with van der Waals surface area (Å²) in [7, 11) is 3.96. The maximum atomic E-state index is 14.0. The van der Waals surface area contributed by atoms with Gasteiger partial charge in [0.15, 0.2) is 17.0 Å². The van der Waals surface area contributed by atoms with Gasteiger partial charge in [0.1, 0.15) is 5.82 Å². The molecule has 1 aromatic carbocycles. The van der Waals surface area contributed by atoms with E-state index in [1.165, 1.54) is 28.3 Å². The molecule has 0 aromatic heterocycles. The van der Waals surface area contributed by atoms with Crippen LogP contribution < -0.4 is 14.8 Å². The van der Waals surface area contributed by atoms with Crippen LogP contribution in [0.3, 0.4) is 0 Å². The lowest BCUT2D eigenvalue weighted by molar-refractivity contribution is -0.145. The molecule has 0 saturated heterocycles. The molecule has 0 spiro atoms. The van der Waals surface area contributed by atoms with Gasteiger partial charge in [0.2, 0.25) is 0 Å². The van der Waals surface area contributed by atoms with E-state index in [2.05, 4.69) is 5.32 Å². The molecule has 1 aromatic rings. The Kier molecular flexibility index (Phi) is 5.69. The molecular formula is C14H18FNO6. The number of ether oxygens (including phenoxy) is 3. The van der Waals surface area contributed by atoms with Crippen LogP contribution in [0.5, 0.6) is 11.5 Å². The highest BCUT2D eigenvalue weighted by atomic mass is 19.1. The molecule has 0 aliphatic carbocycles. The Labute approximate surface area is 127 Å². The number of carboxylic acid groups (broad SMARTS) is 1. The SMILES string of the molecule is COCC(C)(NC(=O)c1cc(OC)c(OC)cc1F)C(=O)O. The summed E-state index contributed by atoms with van der Waals surface area (Å²) in [5.41, 5.74) is -2.05. The minimum atomic E-state index is -1.69. The van der Waals surface area contributed by atoms with Gasteiger partial charge in [0, 0.05) is 13.2 Å². The van der Waals surface area contributed by atoms with E-state index in [0.717, 1.165) is 12.1 Å². The van der Waals surface area contributed by atoms with Crippen molar-refractivity contribution in [2.75, 3.05) is 27.9 Å². The van der Waals surface area contributed by atoms with Gasteiger partial charge in [-0.25, -0.2) is 9.18 Å². The molecule has 1 atom stereocenters. The first-order valence-corrected chi connectivity index (χ1v) is 6.25. The van der Waals surface area contributed by atoms with Crippen molar-refractivity contribution in [3.8, 4) is 11.5 Å². The fourth-order valence-electron chi connectivity index (χ4n) is 1.79. The van der Waals surface area contributed by atoms with Crippen LogP contribution in [0.4, 0.5) is 4.39 Å². The number of nitrogens with one attached hydrogen (secondary N) is 1. The molecule has 0 fully saturated rings. The zero-order chi connectivity index (χ0) is 16.9. The molecule has 1 rings (SSSR count). The van der Waals surface area contributed by atoms with Crippen molar-refractivity contribution >= 4 is 11.9 Å². The van der Waals surface area contributed by atoms with Gasteiger partial charge in [-0.15, -0.1) is 0 Å². The smallest absolute Gasteiger partial charge is 0.331 e. The van der Waals surface area contributed by atoms with Crippen LogP contribution in [-0.4, -0.2) is 50.5 Å². The second-order valence-electron chi connectivity index (χ2n) is 4.71. The lowest BCUT2D eigenvalue weighted by Gasteiger charge is -2.25. The van der Waals surface area contributed by atoms with Crippen molar-refractivity contribution in [2.45, 2.75) is 12.5 Å². The molecule has 22 heavy (non-hydrogen) atoms. The summed E-state index contributed by atoms with van der Waals surface area (Å²) in [6, 6.07) is 2.13. The first-order valence-electron chi connectivity index (χ1n) is 6.25. The number of carbonyl (C=O) groups excluding carboxylic acids is 1. The van der Waals surface area contributed by atoms with E-state index in [9.17, 15) is 19.1 Å². The summed E-state index contributed by atoms with van der Waals surface area (Å²) < 4.78 is 28.7. The number of hydrogen-bond donors (Lipinski definition) is 2. The third kappa shape index (κ3) is 3.64. The van der Waals surface area contributed by atoms with Crippen molar-refractivity contribution in [1.29, 1.82) is 0 Å². The topological polar surface area (TPSA) is 94.1 Å². The highest BCUT2D eigenvalue weighted by Crippen LogP contribution is 2.30. The fourth-order valence-corrected chi connectivity index (χ4v) is 1.79. The number of rotatable bonds is 7. The third-order valence-electron chi connectivity index (χ3n) is 3.01. The Morgan fingerprint density at radius 2 is 1.77 bits per heavy atom. The van der Waals surface area contributed by atoms with Gasteiger partial charge >= 0.3 is 5.97 Å². The van der Waals surface area contributed by atoms with Crippen molar-refractivity contribution in [3.05, 3.63) is 23.5 Å². The van der Waals surface area contributed by atoms with Gasteiger partial charge in [-0.2, -0.15) is 0 Å². The average molecular weight is 315 g/mol. The molecule has 122 valence electrons. The molecule has 2 N–H and O–H groups in total. The molecule has 0 saturated carbocycles. The van der Waals surface area contributed by atoms with Crippen LogP contribution in [0.2, 0.25) is 0 Å². The van der Waals surface area contributed by atoms with Gasteiger partial charge in [0.25, 0.3) is 5.91 Å². The predicted octanol–water partition coefficient (Wildman–Crippen LogP) is 1.06. The van der Waals surface area contributed by atoms with Gasteiger partial charge in [-0.3, -0.25) is 4.79 Å². The van der Waals surface area contributed by atoms with Crippen molar-refractivity contribution < 1.29 is 33.3 Å². The monoisotopic (exact) mass is 315 g/mol. The van der Waals surface area contributed by atoms with E-state index >= 15 is 0 Å². The standard InChI is InChI=1S/C14H18FNO6/c1-14(7-20-2,13(18)19)16-12(17)8-5-10(21-3)11(22-4)6-9(8)15/h5-6H,7H2,1-4H3,(H,16,17)(H,18,19). The first-order chi connectivity index (χ1) is 10.3. The van der Waals surface area contributed by atoms with E-state index < -0.39 is 23.2 Å². The molecule has 1 amide bonds. The highest BCUT2D eigenvalue weighted by molar-refractivity contribution is 5.98. The lowest BCUT2D eigenvalue weighted by atomic mass is 10.0. The molecule has 0 bridgehead atoms. The molecule has 1 unspecified atom stereocenters. The Bertz CT molecular complexity index is 577. The summed E-state index contributed by atoms with van der Waals surface area (Å²) in [5.74, 6) is -2.79. The van der Waals surface area contributed by atoms with Crippen LogP contribution in [0.25, 0.3) is 0 Å². The quantitative estimate of drug-likeness (QED) is 0.781. The number of methoxy groups -OCH3 is 3. The van der Waals surface area contributed by atoms with Crippen molar-refractivity contribution in [1.82, 2.24) is 5.32 Å². The zero-order valence-electron chi connectivity index (χ0n) is 12.7. The Morgan fingerprint density at radius 3 is 2.23 bits per heavy atom. The third-order valence-corrected chi connectivity index (χ3v) is 3.01. The molecule has 8 heteroatoms. The highest BCUT2D eigenvalue weighted by Gasteiger charge is 2.36. The van der Waals surface area contributed by atoms with Crippen LogP contribution in [-0.2, 0) is 9.53 Å². The Morgan fingerprint density at radius 1 is 1.23 bits per heavy atom. The molecule has 0 heterocycles. The van der Waals surface area contributed by atoms with E-state index in [0.29, 0.717) is 0 Å². The van der Waals surface area contributed by atoms with Crippen LogP contribution in [0.1, 0.15) is 17.3 Å². The maximum Gasteiger partial charge on any atom is 0.331 e. The van der Waals surface area contributed by atoms with Gasteiger partial charge < -0.3 is 24.6 Å². The van der Waals surface area contributed by atoms with Gasteiger partial charge in [-0.1, -0.05) is 0 Å². The summed E-state index contributed by atoms with van der Waals surface area (Å²) in [6.07, 6.45) is 0. The molecule has 7 nitrogen and oxygen atoms in total. The molecule has 0 aliphatic rings. The predicted molar refractivity (Wildman–Crippen MR) is 74.9 cm³/mol.